The summed E-state index contributed by atoms with van der Waals surface area (Å²) >= 11 is 7.17. The van der Waals surface area contributed by atoms with E-state index in [1.807, 2.05) is 37.3 Å². The maximum absolute atomic E-state index is 12.7. The first kappa shape index (κ1) is 22.3. The molecule has 30 heavy (non-hydrogen) atoms. The van der Waals surface area contributed by atoms with Gasteiger partial charge < -0.3 is 5.32 Å². The molecule has 0 bridgehead atoms. The van der Waals surface area contributed by atoms with E-state index in [1.54, 1.807) is 31.4 Å². The van der Waals surface area contributed by atoms with Gasteiger partial charge in [-0.05, 0) is 44.0 Å². The molecule has 0 saturated carbocycles. The van der Waals surface area contributed by atoms with E-state index in [1.165, 1.54) is 6.07 Å². The molecule has 0 radical (unpaired) electrons. The highest BCUT2D eigenvalue weighted by atomic mass is 35.5. The number of rotatable bonds is 7. The molecule has 2 atom stereocenters. The Morgan fingerprint density at radius 1 is 1.10 bits per heavy atom. The van der Waals surface area contributed by atoms with Gasteiger partial charge in [0, 0.05) is 10.4 Å². The van der Waals surface area contributed by atoms with E-state index < -0.39 is 15.9 Å². The van der Waals surface area contributed by atoms with Crippen LogP contribution in [-0.2, 0) is 14.8 Å². The summed E-state index contributed by atoms with van der Waals surface area (Å²) in [6, 6.07) is 14.2. The molecule has 0 aliphatic carbocycles. The van der Waals surface area contributed by atoms with Gasteiger partial charge in [-0.15, -0.1) is 11.3 Å². The molecule has 1 heterocycles. The average molecular weight is 464 g/mol. The minimum absolute atomic E-state index is 0.0919. The Hall–Kier alpha value is -2.42. The van der Waals surface area contributed by atoms with Crippen molar-refractivity contribution in [3.8, 4) is 0 Å². The number of amides is 1. The molecule has 0 spiro atoms. The van der Waals surface area contributed by atoms with Crippen molar-refractivity contribution in [3.05, 3.63) is 75.8 Å². The lowest BCUT2D eigenvalue weighted by Gasteiger charge is -2.17. The van der Waals surface area contributed by atoms with E-state index in [9.17, 15) is 13.2 Å². The van der Waals surface area contributed by atoms with Crippen molar-refractivity contribution in [3.63, 3.8) is 0 Å². The number of anilines is 1. The van der Waals surface area contributed by atoms with E-state index in [-0.39, 0.29) is 22.0 Å². The number of hydrogen-bond acceptors (Lipinski definition) is 5. The topological polar surface area (TPSA) is 88.2 Å². The Morgan fingerprint density at radius 2 is 1.80 bits per heavy atom. The van der Waals surface area contributed by atoms with Crippen LogP contribution in [-0.4, -0.2) is 19.3 Å². The van der Waals surface area contributed by atoms with Crippen molar-refractivity contribution >= 4 is 44.0 Å². The van der Waals surface area contributed by atoms with Gasteiger partial charge in [-0.1, -0.05) is 48.0 Å². The molecule has 6 nitrogen and oxygen atoms in total. The zero-order chi connectivity index (χ0) is 21.9. The van der Waals surface area contributed by atoms with Crippen molar-refractivity contribution in [2.75, 3.05) is 4.72 Å². The zero-order valence-corrected chi connectivity index (χ0v) is 19.1. The van der Waals surface area contributed by atoms with E-state index >= 15 is 0 Å². The van der Waals surface area contributed by atoms with Crippen LogP contribution < -0.4 is 10.0 Å². The molecular formula is C21H22ClN3O3S2. The molecule has 1 amide bonds. The predicted octanol–water partition coefficient (Wildman–Crippen LogP) is 4.89. The Morgan fingerprint density at radius 3 is 2.50 bits per heavy atom. The monoisotopic (exact) mass is 463 g/mol. The summed E-state index contributed by atoms with van der Waals surface area (Å²) in [4.78, 5) is 17.0. The molecule has 158 valence electrons. The normalized spacial score (nSPS) is 13.5. The van der Waals surface area contributed by atoms with Crippen LogP contribution in [0, 0.1) is 6.92 Å². The Labute approximate surface area is 185 Å². The van der Waals surface area contributed by atoms with Gasteiger partial charge in [-0.25, -0.2) is 13.4 Å². The highest BCUT2D eigenvalue weighted by Crippen LogP contribution is 2.28. The third-order valence-electron chi connectivity index (χ3n) is 4.75. The van der Waals surface area contributed by atoms with Crippen molar-refractivity contribution in [2.45, 2.75) is 37.6 Å². The van der Waals surface area contributed by atoms with Crippen LogP contribution in [0.25, 0.3) is 0 Å². The van der Waals surface area contributed by atoms with E-state index in [2.05, 4.69) is 15.0 Å². The molecular weight excluding hydrogens is 442 g/mol. The second-order valence-electron chi connectivity index (χ2n) is 6.91. The number of halogens is 1. The van der Waals surface area contributed by atoms with Crippen LogP contribution in [0.1, 0.15) is 42.6 Å². The maximum Gasteiger partial charge on any atom is 0.263 e. The third-order valence-corrected chi connectivity index (χ3v) is 7.54. The average Bonchev–Trinajstić information content (AvgIpc) is 3.17. The highest BCUT2D eigenvalue weighted by Gasteiger charge is 2.23. The molecule has 0 fully saturated rings. The first-order chi connectivity index (χ1) is 14.2. The van der Waals surface area contributed by atoms with Gasteiger partial charge in [0.25, 0.3) is 10.0 Å². The van der Waals surface area contributed by atoms with Crippen LogP contribution in [0.3, 0.4) is 0 Å². The second kappa shape index (κ2) is 9.16. The lowest BCUT2D eigenvalue weighted by atomic mass is 10.1. The summed E-state index contributed by atoms with van der Waals surface area (Å²) in [5.74, 6) is -0.713. The van der Waals surface area contributed by atoms with Gasteiger partial charge in [0.1, 0.15) is 0 Å². The van der Waals surface area contributed by atoms with Gasteiger partial charge in [0.2, 0.25) is 5.91 Å². The zero-order valence-electron chi connectivity index (χ0n) is 16.7. The molecule has 3 aromatic rings. The Bertz CT molecular complexity index is 1150. The van der Waals surface area contributed by atoms with E-state index in [0.717, 1.165) is 16.9 Å². The molecule has 1 aromatic heterocycles. The predicted molar refractivity (Wildman–Crippen MR) is 121 cm³/mol. The van der Waals surface area contributed by atoms with Crippen LogP contribution >= 0.6 is 22.9 Å². The number of carbonyl (C=O) groups excluding carboxylic acids is 1. The second-order valence-corrected chi connectivity index (χ2v) is 9.82. The summed E-state index contributed by atoms with van der Waals surface area (Å²) in [7, 11) is -3.84. The van der Waals surface area contributed by atoms with Gasteiger partial charge >= 0.3 is 0 Å². The largest absolute Gasteiger partial charge is 0.349 e. The summed E-state index contributed by atoms with van der Waals surface area (Å²) in [5.41, 5.74) is 1.96. The number of nitrogens with zero attached hydrogens (tertiary/aromatic N) is 1. The van der Waals surface area contributed by atoms with Crippen LogP contribution in [0.15, 0.2) is 58.8 Å². The standard InChI is InChI=1S/C21H22ClN3O3S2/c1-13-17(22)10-7-11-19(13)30(27,28)25-21-24-18(12-29-21)14(2)20(26)23-15(3)16-8-5-4-6-9-16/h4-12,14-15H,1-3H3,(H,23,26)(H,24,25)/t14?,15-/m0/s1. The fraction of sp³-hybridized carbons (Fsp3) is 0.238. The number of aromatic nitrogens is 1. The molecule has 0 aliphatic rings. The van der Waals surface area contributed by atoms with Gasteiger partial charge in [-0.2, -0.15) is 0 Å². The summed E-state index contributed by atoms with van der Waals surface area (Å²) < 4.78 is 27.9. The number of nitrogens with one attached hydrogen (secondary N) is 2. The van der Waals surface area contributed by atoms with Crippen LogP contribution in [0.2, 0.25) is 5.02 Å². The first-order valence-corrected chi connectivity index (χ1v) is 12.0. The number of hydrogen-bond donors (Lipinski definition) is 2. The fourth-order valence-corrected chi connectivity index (χ4v) is 5.43. The smallest absolute Gasteiger partial charge is 0.263 e. The highest BCUT2D eigenvalue weighted by molar-refractivity contribution is 7.93. The third kappa shape index (κ3) is 5.00. The molecule has 0 saturated heterocycles. The SMILES string of the molecule is Cc1c(Cl)cccc1S(=O)(=O)Nc1nc(C(C)C(=O)N[C@@H](C)c2ccccc2)cs1. The maximum atomic E-state index is 12.7. The Balaban J connectivity index is 1.71. The molecule has 2 aromatic carbocycles. The summed E-state index contributed by atoms with van der Waals surface area (Å²) in [6.07, 6.45) is 0. The molecule has 0 aliphatic heterocycles. The number of carbonyl (C=O) groups is 1. The lowest BCUT2D eigenvalue weighted by molar-refractivity contribution is -0.122. The minimum atomic E-state index is -3.84. The van der Waals surface area contributed by atoms with E-state index in [0.29, 0.717) is 16.3 Å². The van der Waals surface area contributed by atoms with Crippen molar-refractivity contribution in [1.82, 2.24) is 10.3 Å². The van der Waals surface area contributed by atoms with Crippen LogP contribution in [0.4, 0.5) is 5.13 Å². The molecule has 3 rings (SSSR count). The molecule has 1 unspecified atom stereocenters. The first-order valence-electron chi connectivity index (χ1n) is 9.27. The number of sulfonamides is 1. The number of benzene rings is 2. The van der Waals surface area contributed by atoms with Gasteiger partial charge in [0.15, 0.2) is 5.13 Å². The molecule has 9 heteroatoms. The molecule has 2 N–H and O–H groups in total. The lowest BCUT2D eigenvalue weighted by Crippen LogP contribution is -2.30. The Kier molecular flexibility index (Phi) is 6.80. The summed E-state index contributed by atoms with van der Waals surface area (Å²) in [6.45, 7) is 5.29. The summed E-state index contributed by atoms with van der Waals surface area (Å²) in [5, 5.41) is 5.21. The number of thiazole rings is 1. The van der Waals surface area contributed by atoms with Crippen molar-refractivity contribution < 1.29 is 13.2 Å². The van der Waals surface area contributed by atoms with Crippen molar-refractivity contribution in [2.24, 2.45) is 0 Å². The van der Waals surface area contributed by atoms with E-state index in [4.69, 9.17) is 11.6 Å². The van der Waals surface area contributed by atoms with Crippen molar-refractivity contribution in [1.29, 1.82) is 0 Å². The van der Waals surface area contributed by atoms with Gasteiger partial charge in [0.05, 0.1) is 22.5 Å². The van der Waals surface area contributed by atoms with Crippen LogP contribution in [0.5, 0.6) is 0 Å². The quantitative estimate of drug-likeness (QED) is 0.522. The van der Waals surface area contributed by atoms with Gasteiger partial charge in [-0.3, -0.25) is 9.52 Å². The minimum Gasteiger partial charge on any atom is -0.349 e. The fourth-order valence-electron chi connectivity index (χ4n) is 2.88.